The molecule has 0 spiro atoms. The Morgan fingerprint density at radius 1 is 1.15 bits per heavy atom. The van der Waals surface area contributed by atoms with Gasteiger partial charge in [0.05, 0.1) is 5.56 Å². The van der Waals surface area contributed by atoms with Crippen molar-refractivity contribution in [1.82, 2.24) is 9.88 Å². The van der Waals surface area contributed by atoms with E-state index in [2.05, 4.69) is 10.3 Å². The first-order valence-electron chi connectivity index (χ1n) is 6.23. The number of amides is 1. The van der Waals surface area contributed by atoms with E-state index in [0.717, 1.165) is 5.69 Å². The smallest absolute Gasteiger partial charge is 0.254 e. The summed E-state index contributed by atoms with van der Waals surface area (Å²) < 4.78 is 5.61. The number of pyridine rings is 1. The highest BCUT2D eigenvalue weighted by atomic mass is 16.5. The van der Waals surface area contributed by atoms with Gasteiger partial charge in [-0.25, -0.2) is 4.98 Å². The molecule has 0 aliphatic carbocycles. The van der Waals surface area contributed by atoms with Gasteiger partial charge in [0.1, 0.15) is 5.75 Å². The van der Waals surface area contributed by atoms with Crippen LogP contribution >= 0.6 is 0 Å². The Morgan fingerprint density at radius 3 is 2.35 bits per heavy atom. The number of rotatable bonds is 4. The number of benzene rings is 1. The minimum Gasteiger partial charge on any atom is -0.439 e. The zero-order valence-corrected chi connectivity index (χ0v) is 11.8. The number of nitrogens with zero attached hydrogens (tertiary/aromatic N) is 2. The molecule has 0 radical (unpaired) electrons. The molecule has 0 saturated heterocycles. The molecule has 1 aromatic carbocycles. The van der Waals surface area contributed by atoms with E-state index in [9.17, 15) is 4.79 Å². The van der Waals surface area contributed by atoms with Crippen LogP contribution in [0.3, 0.4) is 0 Å². The summed E-state index contributed by atoms with van der Waals surface area (Å²) in [6.07, 6.45) is 1.51. The number of nitrogens with one attached hydrogen (secondary N) is 1. The number of ether oxygens (including phenoxy) is 1. The van der Waals surface area contributed by atoms with E-state index >= 15 is 0 Å². The normalized spacial score (nSPS) is 9.95. The highest BCUT2D eigenvalue weighted by molar-refractivity contribution is 5.93. The molecule has 104 valence electrons. The third-order valence-corrected chi connectivity index (χ3v) is 2.75. The van der Waals surface area contributed by atoms with Crippen LogP contribution in [0.25, 0.3) is 0 Å². The molecule has 0 unspecified atom stereocenters. The monoisotopic (exact) mass is 271 g/mol. The van der Waals surface area contributed by atoms with Gasteiger partial charge in [0.15, 0.2) is 0 Å². The van der Waals surface area contributed by atoms with E-state index in [1.54, 1.807) is 26.2 Å². The minimum absolute atomic E-state index is 0.0811. The average molecular weight is 271 g/mol. The van der Waals surface area contributed by atoms with Crippen LogP contribution in [0, 0.1) is 0 Å². The summed E-state index contributed by atoms with van der Waals surface area (Å²) in [7, 11) is 5.27. The summed E-state index contributed by atoms with van der Waals surface area (Å²) in [6, 6.07) is 10.9. The Hall–Kier alpha value is -2.56. The van der Waals surface area contributed by atoms with E-state index in [0.29, 0.717) is 17.2 Å². The zero-order valence-electron chi connectivity index (χ0n) is 11.8. The first kappa shape index (κ1) is 13.9. The van der Waals surface area contributed by atoms with Gasteiger partial charge in [-0.15, -0.1) is 0 Å². The van der Waals surface area contributed by atoms with E-state index in [4.69, 9.17) is 4.74 Å². The summed E-state index contributed by atoms with van der Waals surface area (Å²) >= 11 is 0. The number of hydrogen-bond donors (Lipinski definition) is 1. The summed E-state index contributed by atoms with van der Waals surface area (Å²) in [5.41, 5.74) is 1.55. The molecule has 0 aliphatic rings. The lowest BCUT2D eigenvalue weighted by molar-refractivity contribution is 0.0827. The van der Waals surface area contributed by atoms with Crippen molar-refractivity contribution in [2.75, 3.05) is 26.5 Å². The lowest BCUT2D eigenvalue weighted by Crippen LogP contribution is -2.21. The maximum atomic E-state index is 11.7. The maximum absolute atomic E-state index is 11.7. The number of carbonyl (C=O) groups is 1. The second-order valence-electron chi connectivity index (χ2n) is 4.46. The first-order valence-corrected chi connectivity index (χ1v) is 6.23. The van der Waals surface area contributed by atoms with Crippen molar-refractivity contribution in [3.05, 3.63) is 48.2 Å². The topological polar surface area (TPSA) is 54.5 Å². The SMILES string of the molecule is CNc1ccc(Oc2ccc(C(=O)N(C)C)cn2)cc1. The second kappa shape index (κ2) is 6.06. The van der Waals surface area contributed by atoms with Gasteiger partial charge in [0, 0.05) is 39.1 Å². The molecule has 20 heavy (non-hydrogen) atoms. The number of anilines is 1. The highest BCUT2D eigenvalue weighted by Crippen LogP contribution is 2.21. The lowest BCUT2D eigenvalue weighted by atomic mass is 10.2. The molecule has 2 aromatic rings. The molecular formula is C15H17N3O2. The van der Waals surface area contributed by atoms with E-state index in [1.165, 1.54) is 11.1 Å². The Morgan fingerprint density at radius 2 is 1.85 bits per heavy atom. The summed E-state index contributed by atoms with van der Waals surface area (Å²) in [5.74, 6) is 1.07. The molecule has 1 heterocycles. The predicted octanol–water partition coefficient (Wildman–Crippen LogP) is 2.62. The predicted molar refractivity (Wildman–Crippen MR) is 78.3 cm³/mol. The fourth-order valence-electron chi connectivity index (χ4n) is 1.64. The summed E-state index contributed by atoms with van der Waals surface area (Å²) in [6.45, 7) is 0. The van der Waals surface area contributed by atoms with Gasteiger partial charge in [-0.1, -0.05) is 0 Å². The molecule has 5 nitrogen and oxygen atoms in total. The fraction of sp³-hybridized carbons (Fsp3) is 0.200. The Labute approximate surface area is 118 Å². The van der Waals surface area contributed by atoms with E-state index in [-0.39, 0.29) is 5.91 Å². The molecule has 0 atom stereocenters. The van der Waals surface area contributed by atoms with Gasteiger partial charge in [-0.05, 0) is 30.3 Å². The standard InChI is InChI=1S/C15H17N3O2/c1-16-12-5-7-13(8-6-12)20-14-9-4-11(10-17-14)15(19)18(2)3/h4-10,16H,1-3H3. The van der Waals surface area contributed by atoms with Crippen LogP contribution < -0.4 is 10.1 Å². The van der Waals surface area contributed by atoms with Crippen LogP contribution in [0.1, 0.15) is 10.4 Å². The first-order chi connectivity index (χ1) is 9.60. The van der Waals surface area contributed by atoms with Crippen LogP contribution in [0.4, 0.5) is 5.69 Å². The van der Waals surface area contributed by atoms with Crippen molar-refractivity contribution in [1.29, 1.82) is 0 Å². The Bertz CT molecular complexity index is 577. The van der Waals surface area contributed by atoms with Crippen molar-refractivity contribution >= 4 is 11.6 Å². The number of hydrogen-bond acceptors (Lipinski definition) is 4. The quantitative estimate of drug-likeness (QED) is 0.928. The van der Waals surface area contributed by atoms with Gasteiger partial charge >= 0.3 is 0 Å². The molecule has 5 heteroatoms. The largest absolute Gasteiger partial charge is 0.439 e. The molecule has 2 rings (SSSR count). The molecule has 1 aromatic heterocycles. The Balaban J connectivity index is 2.08. The van der Waals surface area contributed by atoms with Crippen molar-refractivity contribution in [2.24, 2.45) is 0 Å². The second-order valence-corrected chi connectivity index (χ2v) is 4.46. The van der Waals surface area contributed by atoms with Crippen LogP contribution in [0.15, 0.2) is 42.6 Å². The van der Waals surface area contributed by atoms with Gasteiger partial charge in [-0.2, -0.15) is 0 Å². The van der Waals surface area contributed by atoms with E-state index < -0.39 is 0 Å². The van der Waals surface area contributed by atoms with Gasteiger partial charge < -0.3 is 15.0 Å². The van der Waals surface area contributed by atoms with Crippen LogP contribution in [0.5, 0.6) is 11.6 Å². The van der Waals surface area contributed by atoms with E-state index in [1.807, 2.05) is 31.3 Å². The third-order valence-electron chi connectivity index (χ3n) is 2.75. The van der Waals surface area contributed by atoms with Crippen LogP contribution in [-0.2, 0) is 0 Å². The van der Waals surface area contributed by atoms with Crippen molar-refractivity contribution in [3.63, 3.8) is 0 Å². The number of carbonyl (C=O) groups excluding carboxylic acids is 1. The van der Waals surface area contributed by atoms with Crippen molar-refractivity contribution in [3.8, 4) is 11.6 Å². The Kier molecular flexibility index (Phi) is 4.20. The molecule has 0 bridgehead atoms. The summed E-state index contributed by atoms with van der Waals surface area (Å²) in [4.78, 5) is 17.4. The molecule has 1 N–H and O–H groups in total. The van der Waals surface area contributed by atoms with Gasteiger partial charge in [-0.3, -0.25) is 4.79 Å². The maximum Gasteiger partial charge on any atom is 0.254 e. The average Bonchev–Trinajstić information content (AvgIpc) is 2.48. The fourth-order valence-corrected chi connectivity index (χ4v) is 1.64. The third kappa shape index (κ3) is 3.26. The van der Waals surface area contributed by atoms with Gasteiger partial charge in [0.25, 0.3) is 5.91 Å². The molecule has 0 saturated carbocycles. The molecular weight excluding hydrogens is 254 g/mol. The van der Waals surface area contributed by atoms with Crippen LogP contribution in [-0.4, -0.2) is 36.9 Å². The molecule has 0 aliphatic heterocycles. The van der Waals surface area contributed by atoms with Crippen molar-refractivity contribution in [2.45, 2.75) is 0 Å². The molecule has 1 amide bonds. The van der Waals surface area contributed by atoms with Crippen LogP contribution in [0.2, 0.25) is 0 Å². The molecule has 0 fully saturated rings. The number of aromatic nitrogens is 1. The van der Waals surface area contributed by atoms with Crippen molar-refractivity contribution < 1.29 is 9.53 Å². The van der Waals surface area contributed by atoms with Gasteiger partial charge in [0.2, 0.25) is 5.88 Å². The minimum atomic E-state index is -0.0811. The summed E-state index contributed by atoms with van der Waals surface area (Å²) in [5, 5.41) is 3.04. The lowest BCUT2D eigenvalue weighted by Gasteiger charge is -2.10. The highest BCUT2D eigenvalue weighted by Gasteiger charge is 2.08. The zero-order chi connectivity index (χ0) is 14.5.